The summed E-state index contributed by atoms with van der Waals surface area (Å²) in [4.78, 5) is 12.6. The van der Waals surface area contributed by atoms with E-state index in [9.17, 15) is 8.42 Å². The Balaban J connectivity index is 1.69. The Morgan fingerprint density at radius 3 is 2.71 bits per heavy atom. The van der Waals surface area contributed by atoms with Gasteiger partial charge in [-0.1, -0.05) is 6.07 Å². The van der Waals surface area contributed by atoms with Gasteiger partial charge < -0.3 is 9.15 Å². The van der Waals surface area contributed by atoms with Crippen LogP contribution in [0, 0.1) is 6.92 Å². The van der Waals surface area contributed by atoms with Gasteiger partial charge in [0.25, 0.3) is 10.0 Å². The van der Waals surface area contributed by atoms with Crippen LogP contribution in [0.5, 0.6) is 5.75 Å². The van der Waals surface area contributed by atoms with E-state index in [4.69, 9.17) is 9.15 Å². The van der Waals surface area contributed by atoms with Crippen molar-refractivity contribution in [3.8, 4) is 17.2 Å². The molecule has 4 rings (SSSR count). The number of nitrogens with one attached hydrogen (secondary N) is 1. The van der Waals surface area contributed by atoms with Gasteiger partial charge in [-0.25, -0.2) is 18.4 Å². The first-order chi connectivity index (χ1) is 13.5. The predicted octanol–water partition coefficient (Wildman–Crippen LogP) is 3.40. The summed E-state index contributed by atoms with van der Waals surface area (Å²) in [7, 11) is -2.48. The maximum Gasteiger partial charge on any atom is 0.266 e. The first-order valence-corrected chi connectivity index (χ1v) is 9.80. The molecule has 0 bridgehead atoms. The van der Waals surface area contributed by atoms with Crippen LogP contribution >= 0.6 is 0 Å². The van der Waals surface area contributed by atoms with Crippen molar-refractivity contribution in [2.45, 2.75) is 11.8 Å². The summed E-state index contributed by atoms with van der Waals surface area (Å²) in [6, 6.07) is 11.7. The molecule has 4 aromatic rings. The standard InChI is InChI=1S/C19H16N4O4S/c1-12-5-6-14(26-2)16(10-12)28(24,25)23-17-11-13(7-9-20-17)19-22-18-15(27-19)4-3-8-21-18/h3-11H,1-2H3,(H,20,23). The second kappa shape index (κ2) is 6.93. The molecule has 9 heteroatoms. The minimum absolute atomic E-state index is 0.0354. The van der Waals surface area contributed by atoms with Crippen molar-refractivity contribution in [1.29, 1.82) is 0 Å². The molecule has 8 nitrogen and oxygen atoms in total. The van der Waals surface area contributed by atoms with Gasteiger partial charge in [-0.2, -0.15) is 4.98 Å². The minimum Gasteiger partial charge on any atom is -0.495 e. The van der Waals surface area contributed by atoms with Crippen LogP contribution in [0.2, 0.25) is 0 Å². The van der Waals surface area contributed by atoms with Crippen LogP contribution in [0.4, 0.5) is 5.82 Å². The van der Waals surface area contributed by atoms with E-state index in [0.717, 1.165) is 5.56 Å². The van der Waals surface area contributed by atoms with Gasteiger partial charge in [0.1, 0.15) is 16.5 Å². The van der Waals surface area contributed by atoms with Crippen LogP contribution in [-0.4, -0.2) is 30.5 Å². The molecule has 3 aromatic heterocycles. The Bertz CT molecular complexity index is 1230. The molecule has 1 aromatic carbocycles. The molecule has 0 aliphatic heterocycles. The first-order valence-electron chi connectivity index (χ1n) is 8.32. The molecule has 0 atom stereocenters. The van der Waals surface area contributed by atoms with Crippen molar-refractivity contribution in [2.75, 3.05) is 11.8 Å². The number of ether oxygens (including phenoxy) is 1. The molecule has 0 amide bonds. The van der Waals surface area contributed by atoms with E-state index in [0.29, 0.717) is 22.7 Å². The lowest BCUT2D eigenvalue weighted by molar-refractivity contribution is 0.402. The zero-order valence-electron chi connectivity index (χ0n) is 15.1. The number of aromatic nitrogens is 3. The molecular weight excluding hydrogens is 380 g/mol. The molecule has 0 fully saturated rings. The summed E-state index contributed by atoms with van der Waals surface area (Å²) in [5.41, 5.74) is 2.38. The van der Waals surface area contributed by atoms with E-state index >= 15 is 0 Å². The molecular formula is C19H16N4O4S. The Labute approximate surface area is 161 Å². The topological polar surface area (TPSA) is 107 Å². The average molecular weight is 396 g/mol. The van der Waals surface area contributed by atoms with Gasteiger partial charge in [0.05, 0.1) is 7.11 Å². The Hall–Kier alpha value is -3.46. The number of oxazole rings is 1. The van der Waals surface area contributed by atoms with Crippen molar-refractivity contribution in [3.05, 3.63) is 60.4 Å². The molecule has 0 radical (unpaired) electrons. The number of benzene rings is 1. The Kier molecular flexibility index (Phi) is 4.44. The fraction of sp³-hybridized carbons (Fsp3) is 0.105. The minimum atomic E-state index is -3.90. The van der Waals surface area contributed by atoms with Crippen LogP contribution in [0.15, 0.2) is 64.2 Å². The maximum absolute atomic E-state index is 12.8. The van der Waals surface area contributed by atoms with Crippen LogP contribution in [0.3, 0.4) is 0 Å². The van der Waals surface area contributed by atoms with Crippen molar-refractivity contribution < 1.29 is 17.6 Å². The number of methoxy groups -OCH3 is 1. The largest absolute Gasteiger partial charge is 0.495 e. The third kappa shape index (κ3) is 3.39. The third-order valence-electron chi connectivity index (χ3n) is 4.02. The fourth-order valence-corrected chi connectivity index (χ4v) is 3.95. The second-order valence-corrected chi connectivity index (χ2v) is 7.68. The molecule has 0 aliphatic rings. The van der Waals surface area contributed by atoms with E-state index in [1.54, 1.807) is 49.5 Å². The molecule has 1 N–H and O–H groups in total. The maximum atomic E-state index is 12.8. The third-order valence-corrected chi connectivity index (χ3v) is 5.40. The average Bonchev–Trinajstić information content (AvgIpc) is 3.12. The summed E-state index contributed by atoms with van der Waals surface area (Å²) in [5, 5.41) is 0. The number of aryl methyl sites for hydroxylation is 1. The first kappa shape index (κ1) is 17.9. The van der Waals surface area contributed by atoms with Gasteiger partial charge in [-0.3, -0.25) is 4.72 Å². The van der Waals surface area contributed by atoms with Crippen molar-refractivity contribution in [3.63, 3.8) is 0 Å². The van der Waals surface area contributed by atoms with Crippen LogP contribution < -0.4 is 9.46 Å². The molecule has 3 heterocycles. The second-order valence-electron chi connectivity index (χ2n) is 6.03. The van der Waals surface area contributed by atoms with E-state index in [1.807, 2.05) is 0 Å². The lowest BCUT2D eigenvalue weighted by Crippen LogP contribution is -2.15. The summed E-state index contributed by atoms with van der Waals surface area (Å²) >= 11 is 0. The summed E-state index contributed by atoms with van der Waals surface area (Å²) in [5.74, 6) is 0.709. The lowest BCUT2D eigenvalue weighted by atomic mass is 10.2. The van der Waals surface area contributed by atoms with Gasteiger partial charge in [0.2, 0.25) is 5.89 Å². The number of anilines is 1. The highest BCUT2D eigenvalue weighted by atomic mass is 32.2. The summed E-state index contributed by atoms with van der Waals surface area (Å²) in [6.45, 7) is 1.80. The van der Waals surface area contributed by atoms with Crippen molar-refractivity contribution in [1.82, 2.24) is 15.0 Å². The van der Waals surface area contributed by atoms with Gasteiger partial charge in [-0.15, -0.1) is 0 Å². The van der Waals surface area contributed by atoms with Crippen molar-refractivity contribution in [2.24, 2.45) is 0 Å². The number of pyridine rings is 2. The molecule has 28 heavy (non-hydrogen) atoms. The highest BCUT2D eigenvalue weighted by molar-refractivity contribution is 7.92. The number of rotatable bonds is 5. The summed E-state index contributed by atoms with van der Waals surface area (Å²) in [6.07, 6.45) is 3.10. The number of sulfonamides is 1. The van der Waals surface area contributed by atoms with Gasteiger partial charge in [0.15, 0.2) is 11.2 Å². The Morgan fingerprint density at radius 1 is 1.07 bits per heavy atom. The normalized spacial score (nSPS) is 11.5. The zero-order valence-corrected chi connectivity index (χ0v) is 15.9. The van der Waals surface area contributed by atoms with Crippen LogP contribution in [0.25, 0.3) is 22.7 Å². The van der Waals surface area contributed by atoms with Crippen molar-refractivity contribution >= 4 is 27.1 Å². The number of hydrogen-bond donors (Lipinski definition) is 1. The van der Waals surface area contributed by atoms with Gasteiger partial charge in [-0.05, 0) is 48.9 Å². The van der Waals surface area contributed by atoms with Crippen LogP contribution in [-0.2, 0) is 10.0 Å². The highest BCUT2D eigenvalue weighted by Gasteiger charge is 2.21. The number of fused-ring (bicyclic) bond motifs is 1. The quantitative estimate of drug-likeness (QED) is 0.551. The number of hydrogen-bond acceptors (Lipinski definition) is 7. The monoisotopic (exact) mass is 396 g/mol. The fourth-order valence-electron chi connectivity index (χ4n) is 2.70. The molecule has 142 valence electrons. The Morgan fingerprint density at radius 2 is 1.93 bits per heavy atom. The van der Waals surface area contributed by atoms with E-state index in [1.165, 1.54) is 19.4 Å². The highest BCUT2D eigenvalue weighted by Crippen LogP contribution is 2.28. The van der Waals surface area contributed by atoms with E-state index < -0.39 is 10.0 Å². The van der Waals surface area contributed by atoms with Gasteiger partial charge >= 0.3 is 0 Å². The van der Waals surface area contributed by atoms with E-state index in [2.05, 4.69) is 19.7 Å². The molecule has 0 saturated carbocycles. The molecule has 0 spiro atoms. The molecule has 0 saturated heterocycles. The smallest absolute Gasteiger partial charge is 0.266 e. The van der Waals surface area contributed by atoms with Gasteiger partial charge in [0, 0.05) is 18.0 Å². The molecule has 0 unspecified atom stereocenters. The zero-order chi connectivity index (χ0) is 19.7. The van der Waals surface area contributed by atoms with Crippen LogP contribution in [0.1, 0.15) is 5.56 Å². The molecule has 0 aliphatic carbocycles. The number of nitrogens with zero attached hydrogens (tertiary/aromatic N) is 3. The predicted molar refractivity (Wildman–Crippen MR) is 104 cm³/mol. The SMILES string of the molecule is COc1ccc(C)cc1S(=O)(=O)Nc1cc(-c2nc3ncccc3o2)ccn1. The lowest BCUT2D eigenvalue weighted by Gasteiger charge is -2.12. The van der Waals surface area contributed by atoms with E-state index in [-0.39, 0.29) is 16.5 Å². The summed E-state index contributed by atoms with van der Waals surface area (Å²) < 4.78 is 39.0.